The molecule has 0 amide bonds. The van der Waals surface area contributed by atoms with Gasteiger partial charge in [-0.1, -0.05) is 29.3 Å². The molecule has 0 saturated carbocycles. The number of halogens is 2. The zero-order valence-corrected chi connectivity index (χ0v) is 19.8. The Hall–Kier alpha value is -2.74. The van der Waals surface area contributed by atoms with Gasteiger partial charge in [0, 0.05) is 51.2 Å². The Bertz CT molecular complexity index is 1160. The zero-order chi connectivity index (χ0) is 23.4. The van der Waals surface area contributed by atoms with Crippen molar-refractivity contribution in [2.45, 2.75) is 13.3 Å². The highest BCUT2D eigenvalue weighted by Gasteiger charge is 2.18. The number of hydrogen-bond donors (Lipinski definition) is 1. The first-order valence-electron chi connectivity index (χ1n) is 10.8. The van der Waals surface area contributed by atoms with Crippen LogP contribution in [0.3, 0.4) is 0 Å². The molecular formula is C24H25Cl2N4O3-. The van der Waals surface area contributed by atoms with E-state index in [4.69, 9.17) is 42.5 Å². The Morgan fingerprint density at radius 1 is 1.09 bits per heavy atom. The van der Waals surface area contributed by atoms with Crippen molar-refractivity contribution < 1.29 is 13.9 Å². The minimum absolute atomic E-state index is 0.123. The molecule has 174 valence electrons. The molecule has 9 heteroatoms. The lowest BCUT2D eigenvalue weighted by Gasteiger charge is -2.36. The quantitative estimate of drug-likeness (QED) is 0.264. The van der Waals surface area contributed by atoms with Crippen molar-refractivity contribution in [1.29, 1.82) is 5.41 Å². The van der Waals surface area contributed by atoms with Crippen LogP contribution in [0.4, 0.5) is 5.69 Å². The number of benzene rings is 2. The second-order valence-electron chi connectivity index (χ2n) is 7.87. The van der Waals surface area contributed by atoms with Gasteiger partial charge in [-0.15, -0.1) is 0 Å². The first kappa shape index (κ1) is 23.4. The van der Waals surface area contributed by atoms with Crippen molar-refractivity contribution in [3.63, 3.8) is 0 Å². The van der Waals surface area contributed by atoms with Crippen LogP contribution >= 0.6 is 23.2 Å². The van der Waals surface area contributed by atoms with E-state index in [1.807, 2.05) is 30.3 Å². The molecule has 2 aromatic carbocycles. The summed E-state index contributed by atoms with van der Waals surface area (Å²) in [7, 11) is 0. The first-order valence-corrected chi connectivity index (χ1v) is 11.5. The Labute approximate surface area is 202 Å². The van der Waals surface area contributed by atoms with Crippen molar-refractivity contribution in [3.8, 4) is 5.75 Å². The van der Waals surface area contributed by atoms with Gasteiger partial charge in [-0.05, 0) is 42.8 Å². The summed E-state index contributed by atoms with van der Waals surface area (Å²) < 4.78 is 16.5. The molecule has 0 unspecified atom stereocenters. The average molecular weight is 488 g/mol. The van der Waals surface area contributed by atoms with E-state index in [1.54, 1.807) is 12.1 Å². The molecule has 2 heterocycles. The Balaban J connectivity index is 1.25. The van der Waals surface area contributed by atoms with Gasteiger partial charge >= 0.3 is 0 Å². The van der Waals surface area contributed by atoms with Crippen LogP contribution in [0.25, 0.3) is 16.4 Å². The molecule has 1 saturated heterocycles. The summed E-state index contributed by atoms with van der Waals surface area (Å²) >= 11 is 12.2. The minimum atomic E-state index is -0.440. The Kier molecular flexibility index (Phi) is 7.42. The second kappa shape index (κ2) is 10.5. The molecule has 1 aromatic heterocycles. The molecule has 7 nitrogen and oxygen atoms in total. The molecule has 0 spiro atoms. The molecule has 0 bridgehead atoms. The van der Waals surface area contributed by atoms with Crippen LogP contribution in [0, 0.1) is 5.41 Å². The van der Waals surface area contributed by atoms with E-state index in [2.05, 4.69) is 9.80 Å². The van der Waals surface area contributed by atoms with Crippen molar-refractivity contribution in [1.82, 2.24) is 4.90 Å². The monoisotopic (exact) mass is 487 g/mol. The van der Waals surface area contributed by atoms with Crippen LogP contribution in [0.2, 0.25) is 10.0 Å². The molecule has 1 fully saturated rings. The molecule has 4 rings (SSSR count). The summed E-state index contributed by atoms with van der Waals surface area (Å²) in [6, 6.07) is 12.9. The fraction of sp³-hybridized carbons (Fsp3) is 0.333. The van der Waals surface area contributed by atoms with E-state index in [0.29, 0.717) is 28.0 Å². The SMILES string of the molecule is CC(=N)OC(=[N-])c1cc2c(OCCCN3CCN(c4ccc(Cl)c(Cl)c4)CC3)cccc2o1. The summed E-state index contributed by atoms with van der Waals surface area (Å²) in [5, 5.41) is 19.2. The van der Waals surface area contributed by atoms with E-state index in [0.717, 1.165) is 50.2 Å². The topological polar surface area (TPSA) is 84.2 Å². The fourth-order valence-electron chi connectivity index (χ4n) is 3.84. The summed E-state index contributed by atoms with van der Waals surface area (Å²) in [5.74, 6) is 0.283. The molecular weight excluding hydrogens is 463 g/mol. The highest BCUT2D eigenvalue weighted by Crippen LogP contribution is 2.30. The van der Waals surface area contributed by atoms with Crippen LogP contribution in [0.5, 0.6) is 5.75 Å². The average Bonchev–Trinajstić information content (AvgIpc) is 3.24. The van der Waals surface area contributed by atoms with E-state index in [1.165, 1.54) is 6.92 Å². The summed E-state index contributed by atoms with van der Waals surface area (Å²) in [6.45, 7) is 6.77. The lowest BCUT2D eigenvalue weighted by Crippen LogP contribution is -2.46. The minimum Gasteiger partial charge on any atom is -0.768 e. The van der Waals surface area contributed by atoms with E-state index in [9.17, 15) is 5.41 Å². The molecule has 1 aliphatic heterocycles. The number of rotatable bonds is 7. The number of piperazine rings is 1. The number of nitrogens with zero attached hydrogens (tertiary/aromatic N) is 3. The lowest BCUT2D eigenvalue weighted by atomic mass is 10.2. The molecule has 0 aliphatic carbocycles. The van der Waals surface area contributed by atoms with Crippen molar-refractivity contribution >= 4 is 51.7 Å². The van der Waals surface area contributed by atoms with Crippen molar-refractivity contribution in [2.24, 2.45) is 0 Å². The largest absolute Gasteiger partial charge is 0.768 e. The Morgan fingerprint density at radius 2 is 1.88 bits per heavy atom. The number of anilines is 1. The molecule has 0 atom stereocenters. The first-order chi connectivity index (χ1) is 15.9. The third-order valence-corrected chi connectivity index (χ3v) is 6.24. The van der Waals surface area contributed by atoms with Gasteiger partial charge in [0.05, 0.1) is 22.0 Å². The zero-order valence-electron chi connectivity index (χ0n) is 18.3. The van der Waals surface area contributed by atoms with Crippen molar-refractivity contribution in [3.05, 3.63) is 63.7 Å². The maximum atomic E-state index is 9.96. The van der Waals surface area contributed by atoms with Gasteiger partial charge < -0.3 is 24.2 Å². The van der Waals surface area contributed by atoms with Crippen LogP contribution in [0.1, 0.15) is 19.1 Å². The summed E-state index contributed by atoms with van der Waals surface area (Å²) in [4.78, 5) is 4.75. The third-order valence-electron chi connectivity index (χ3n) is 5.50. The second-order valence-corrected chi connectivity index (χ2v) is 8.69. The number of ether oxygens (including phenoxy) is 2. The number of nitrogens with one attached hydrogen (secondary N) is 1. The standard InChI is InChI=1S/C24H25Cl2N4O3/c1-16(27)32-24(28)23-15-18-21(4-2-5-22(18)33-23)31-13-3-8-29-9-11-30(12-10-29)17-6-7-19(25)20(26)14-17/h2,4-7,14-15,27H,3,8-13H2,1H3/q-1. The number of fused-ring (bicyclic) bond motifs is 1. The summed E-state index contributed by atoms with van der Waals surface area (Å²) in [6.07, 6.45) is 0.890. The van der Waals surface area contributed by atoms with Gasteiger partial charge in [0.2, 0.25) is 0 Å². The lowest BCUT2D eigenvalue weighted by molar-refractivity contribution is 0.225. The molecule has 3 aromatic rings. The molecule has 0 radical (unpaired) electrons. The molecule has 1 N–H and O–H groups in total. The van der Waals surface area contributed by atoms with Crippen LogP contribution in [0.15, 0.2) is 46.9 Å². The maximum absolute atomic E-state index is 9.96. The third kappa shape index (κ3) is 5.79. The predicted octanol–water partition coefficient (Wildman–Crippen LogP) is 5.66. The van der Waals surface area contributed by atoms with Gasteiger partial charge in [-0.2, -0.15) is 0 Å². The summed E-state index contributed by atoms with van der Waals surface area (Å²) in [5.41, 5.74) is 1.68. The molecule has 33 heavy (non-hydrogen) atoms. The number of hydrogen-bond acceptors (Lipinski definition) is 6. The number of furan rings is 1. The normalized spacial score (nSPS) is 14.5. The van der Waals surface area contributed by atoms with Crippen LogP contribution in [-0.2, 0) is 4.74 Å². The van der Waals surface area contributed by atoms with E-state index < -0.39 is 5.90 Å². The predicted molar refractivity (Wildman–Crippen MR) is 133 cm³/mol. The fourth-order valence-corrected chi connectivity index (χ4v) is 4.13. The van der Waals surface area contributed by atoms with E-state index in [-0.39, 0.29) is 11.7 Å². The van der Waals surface area contributed by atoms with E-state index >= 15 is 0 Å². The maximum Gasteiger partial charge on any atom is 0.181 e. The highest BCUT2D eigenvalue weighted by molar-refractivity contribution is 6.42. The molecule has 1 aliphatic rings. The van der Waals surface area contributed by atoms with Gasteiger partial charge in [0.15, 0.2) is 5.90 Å². The van der Waals surface area contributed by atoms with Gasteiger partial charge in [-0.3, -0.25) is 10.3 Å². The van der Waals surface area contributed by atoms with Gasteiger partial charge in [-0.25, -0.2) is 0 Å². The van der Waals surface area contributed by atoms with Gasteiger partial charge in [0.25, 0.3) is 0 Å². The highest BCUT2D eigenvalue weighted by atomic mass is 35.5. The van der Waals surface area contributed by atoms with Crippen molar-refractivity contribution in [2.75, 3.05) is 44.2 Å². The Morgan fingerprint density at radius 3 is 2.61 bits per heavy atom. The smallest absolute Gasteiger partial charge is 0.181 e. The van der Waals surface area contributed by atoms with Crippen LogP contribution < -0.4 is 9.64 Å². The van der Waals surface area contributed by atoms with Crippen LogP contribution in [-0.4, -0.2) is 56.0 Å². The van der Waals surface area contributed by atoms with Gasteiger partial charge in [0.1, 0.15) is 17.1 Å².